The zero-order valence-electron chi connectivity index (χ0n) is 13.8. The van der Waals surface area contributed by atoms with Crippen molar-refractivity contribution in [3.63, 3.8) is 0 Å². The number of hydrogen-bond donors (Lipinski definition) is 2. The van der Waals surface area contributed by atoms with Gasteiger partial charge in [-0.3, -0.25) is 4.79 Å². The van der Waals surface area contributed by atoms with Gasteiger partial charge in [0, 0.05) is 17.0 Å². The van der Waals surface area contributed by atoms with Gasteiger partial charge in [-0.15, -0.1) is 11.8 Å². The molecular formula is C17H28N2OS. The van der Waals surface area contributed by atoms with E-state index in [1.165, 1.54) is 5.56 Å². The van der Waals surface area contributed by atoms with E-state index < -0.39 is 0 Å². The lowest BCUT2D eigenvalue weighted by Crippen LogP contribution is -2.37. The standard InChI is InChI=1S/C17H28N2OS/c1-6-12(3)19-17(20)14(5)21-16-10-8-15(9-11-16)13(4)18-7-2/h8-14,18H,6-7H2,1-5H3,(H,19,20). The van der Waals surface area contributed by atoms with Crippen molar-refractivity contribution in [2.24, 2.45) is 0 Å². The second kappa shape index (κ2) is 9.11. The lowest BCUT2D eigenvalue weighted by Gasteiger charge is -2.17. The van der Waals surface area contributed by atoms with Crippen LogP contribution in [0.4, 0.5) is 0 Å². The summed E-state index contributed by atoms with van der Waals surface area (Å²) < 4.78 is 0. The predicted octanol–water partition coefficient (Wildman–Crippen LogP) is 3.75. The van der Waals surface area contributed by atoms with Crippen molar-refractivity contribution in [2.75, 3.05) is 6.54 Å². The zero-order chi connectivity index (χ0) is 15.8. The zero-order valence-corrected chi connectivity index (χ0v) is 14.6. The van der Waals surface area contributed by atoms with Gasteiger partial charge in [0.05, 0.1) is 5.25 Å². The van der Waals surface area contributed by atoms with E-state index in [0.717, 1.165) is 17.9 Å². The summed E-state index contributed by atoms with van der Waals surface area (Å²) in [6.07, 6.45) is 0.958. The molecule has 0 radical (unpaired) electrons. The van der Waals surface area contributed by atoms with Gasteiger partial charge < -0.3 is 10.6 Å². The first-order chi connectivity index (χ1) is 9.97. The molecule has 0 aliphatic rings. The highest BCUT2D eigenvalue weighted by Crippen LogP contribution is 2.25. The number of carbonyl (C=O) groups excluding carboxylic acids is 1. The van der Waals surface area contributed by atoms with Crippen molar-refractivity contribution in [1.29, 1.82) is 0 Å². The van der Waals surface area contributed by atoms with Gasteiger partial charge in [-0.25, -0.2) is 0 Å². The van der Waals surface area contributed by atoms with Crippen LogP contribution in [0.15, 0.2) is 29.2 Å². The van der Waals surface area contributed by atoms with E-state index in [1.54, 1.807) is 11.8 Å². The molecule has 1 aromatic rings. The summed E-state index contributed by atoms with van der Waals surface area (Å²) in [7, 11) is 0. The van der Waals surface area contributed by atoms with Crippen molar-refractivity contribution in [2.45, 2.75) is 63.3 Å². The minimum atomic E-state index is -0.0731. The number of hydrogen-bond acceptors (Lipinski definition) is 3. The highest BCUT2D eigenvalue weighted by atomic mass is 32.2. The lowest BCUT2D eigenvalue weighted by atomic mass is 10.1. The molecule has 21 heavy (non-hydrogen) atoms. The van der Waals surface area contributed by atoms with Gasteiger partial charge in [-0.2, -0.15) is 0 Å². The Kier molecular flexibility index (Phi) is 7.83. The van der Waals surface area contributed by atoms with Gasteiger partial charge in [0.1, 0.15) is 0 Å². The molecular weight excluding hydrogens is 280 g/mol. The van der Waals surface area contributed by atoms with E-state index >= 15 is 0 Å². The van der Waals surface area contributed by atoms with E-state index in [2.05, 4.69) is 55.7 Å². The van der Waals surface area contributed by atoms with Gasteiger partial charge in [0.2, 0.25) is 5.91 Å². The normalized spacial score (nSPS) is 15.3. The summed E-state index contributed by atoms with van der Waals surface area (Å²) in [5, 5.41) is 6.35. The van der Waals surface area contributed by atoms with Crippen molar-refractivity contribution >= 4 is 17.7 Å². The second-order valence-corrected chi connectivity index (χ2v) is 6.84. The Bertz CT molecular complexity index is 433. The molecule has 118 valence electrons. The number of rotatable bonds is 8. The lowest BCUT2D eigenvalue weighted by molar-refractivity contribution is -0.120. The smallest absolute Gasteiger partial charge is 0.233 e. The van der Waals surface area contributed by atoms with Gasteiger partial charge in [-0.1, -0.05) is 26.0 Å². The molecule has 0 aromatic heterocycles. The third-order valence-electron chi connectivity index (χ3n) is 3.57. The summed E-state index contributed by atoms with van der Waals surface area (Å²) in [6.45, 7) is 11.3. The minimum absolute atomic E-state index is 0.0731. The Balaban J connectivity index is 2.57. The molecule has 0 aliphatic carbocycles. The maximum Gasteiger partial charge on any atom is 0.233 e. The molecule has 1 aromatic carbocycles. The van der Waals surface area contributed by atoms with Crippen LogP contribution in [0.3, 0.4) is 0 Å². The largest absolute Gasteiger partial charge is 0.353 e. The van der Waals surface area contributed by atoms with Crippen LogP contribution in [0.1, 0.15) is 52.6 Å². The van der Waals surface area contributed by atoms with E-state index in [0.29, 0.717) is 6.04 Å². The van der Waals surface area contributed by atoms with Crippen LogP contribution < -0.4 is 10.6 Å². The molecule has 3 nitrogen and oxygen atoms in total. The second-order valence-electron chi connectivity index (χ2n) is 5.43. The van der Waals surface area contributed by atoms with Crippen LogP contribution in [0.5, 0.6) is 0 Å². The summed E-state index contributed by atoms with van der Waals surface area (Å²) in [5.74, 6) is 0.111. The predicted molar refractivity (Wildman–Crippen MR) is 91.7 cm³/mol. The highest BCUT2D eigenvalue weighted by Gasteiger charge is 2.16. The number of amides is 1. The monoisotopic (exact) mass is 308 g/mol. The van der Waals surface area contributed by atoms with Gasteiger partial charge in [0.15, 0.2) is 0 Å². The number of thioether (sulfide) groups is 1. The van der Waals surface area contributed by atoms with Gasteiger partial charge in [-0.05, 0) is 51.4 Å². The highest BCUT2D eigenvalue weighted by molar-refractivity contribution is 8.00. The van der Waals surface area contributed by atoms with Crippen molar-refractivity contribution in [3.05, 3.63) is 29.8 Å². The summed E-state index contributed by atoms with van der Waals surface area (Å²) in [4.78, 5) is 13.2. The molecule has 0 saturated heterocycles. The molecule has 4 heteroatoms. The SMILES string of the molecule is CCNC(C)c1ccc(SC(C)C(=O)NC(C)CC)cc1. The molecule has 1 amide bonds. The van der Waals surface area contributed by atoms with Crippen LogP contribution in [-0.4, -0.2) is 23.7 Å². The third kappa shape index (κ3) is 6.10. The molecule has 0 heterocycles. The molecule has 0 spiro atoms. The van der Waals surface area contributed by atoms with E-state index in [-0.39, 0.29) is 17.2 Å². The Morgan fingerprint density at radius 2 is 1.76 bits per heavy atom. The fraction of sp³-hybridized carbons (Fsp3) is 0.588. The van der Waals surface area contributed by atoms with E-state index in [1.807, 2.05) is 13.8 Å². The third-order valence-corrected chi connectivity index (χ3v) is 4.69. The molecule has 2 N–H and O–H groups in total. The summed E-state index contributed by atoms with van der Waals surface area (Å²) >= 11 is 1.61. The molecule has 0 aliphatic heterocycles. The number of carbonyl (C=O) groups is 1. The van der Waals surface area contributed by atoms with Crippen molar-refractivity contribution in [1.82, 2.24) is 10.6 Å². The number of benzene rings is 1. The van der Waals surface area contributed by atoms with Crippen LogP contribution in [-0.2, 0) is 4.79 Å². The van der Waals surface area contributed by atoms with Crippen LogP contribution in [0.25, 0.3) is 0 Å². The topological polar surface area (TPSA) is 41.1 Å². The summed E-state index contributed by atoms with van der Waals surface area (Å²) in [5.41, 5.74) is 1.28. The first kappa shape index (κ1) is 18.1. The fourth-order valence-corrected chi connectivity index (χ4v) is 2.86. The Hall–Kier alpha value is -1.00. The van der Waals surface area contributed by atoms with Crippen LogP contribution >= 0.6 is 11.8 Å². The van der Waals surface area contributed by atoms with Crippen LogP contribution in [0, 0.1) is 0 Å². The molecule has 0 saturated carbocycles. The quantitative estimate of drug-likeness (QED) is 0.719. The average Bonchev–Trinajstić information content (AvgIpc) is 2.47. The Morgan fingerprint density at radius 3 is 2.29 bits per heavy atom. The van der Waals surface area contributed by atoms with E-state index in [9.17, 15) is 4.79 Å². The minimum Gasteiger partial charge on any atom is -0.353 e. The molecule has 0 bridgehead atoms. The van der Waals surface area contributed by atoms with Crippen molar-refractivity contribution in [3.8, 4) is 0 Å². The first-order valence-electron chi connectivity index (χ1n) is 7.78. The molecule has 3 atom stereocenters. The maximum absolute atomic E-state index is 12.0. The van der Waals surface area contributed by atoms with Crippen LogP contribution in [0.2, 0.25) is 0 Å². The van der Waals surface area contributed by atoms with E-state index in [4.69, 9.17) is 0 Å². The van der Waals surface area contributed by atoms with Crippen molar-refractivity contribution < 1.29 is 4.79 Å². The molecule has 1 rings (SSSR count). The summed E-state index contributed by atoms with van der Waals surface area (Å²) in [6, 6.07) is 9.06. The average molecular weight is 308 g/mol. The molecule has 0 fully saturated rings. The Morgan fingerprint density at radius 1 is 1.14 bits per heavy atom. The Labute approximate surface area is 133 Å². The van der Waals surface area contributed by atoms with Gasteiger partial charge in [0.25, 0.3) is 0 Å². The molecule has 3 unspecified atom stereocenters. The first-order valence-corrected chi connectivity index (χ1v) is 8.66. The maximum atomic E-state index is 12.0. The number of nitrogens with one attached hydrogen (secondary N) is 2. The van der Waals surface area contributed by atoms with Gasteiger partial charge >= 0.3 is 0 Å². The fourth-order valence-electron chi connectivity index (χ4n) is 1.98.